The highest BCUT2D eigenvalue weighted by molar-refractivity contribution is 5.98. The van der Waals surface area contributed by atoms with Crippen LogP contribution < -0.4 is 11.1 Å². The summed E-state index contributed by atoms with van der Waals surface area (Å²) in [6.45, 7) is 2.34. The van der Waals surface area contributed by atoms with Crippen molar-refractivity contribution in [2.75, 3.05) is 12.3 Å². The molecule has 92 valence electrons. The molecule has 4 nitrogen and oxygen atoms in total. The predicted octanol–water partition coefficient (Wildman–Crippen LogP) is 1.51. The molecule has 1 rings (SSSR count). The van der Waals surface area contributed by atoms with Gasteiger partial charge in [-0.1, -0.05) is 0 Å². The normalized spacial score (nSPS) is 10.0. The zero-order valence-electron chi connectivity index (χ0n) is 9.63. The summed E-state index contributed by atoms with van der Waals surface area (Å²) in [5.74, 6) is -0.941. The van der Waals surface area contributed by atoms with Gasteiger partial charge >= 0.3 is 0 Å². The van der Waals surface area contributed by atoms with Crippen LogP contribution >= 0.6 is 0 Å². The van der Waals surface area contributed by atoms with Crippen LogP contribution in [0.2, 0.25) is 0 Å². The topological polar surface area (TPSA) is 72.2 Å². The SMILES string of the molecule is CCNC(=O)CCC(=O)c1ccc(F)c(N)c1. The summed E-state index contributed by atoms with van der Waals surface area (Å²) in [6.07, 6.45) is 0.223. The lowest BCUT2D eigenvalue weighted by Crippen LogP contribution is -2.23. The Morgan fingerprint density at radius 1 is 1.35 bits per heavy atom. The average molecular weight is 238 g/mol. The van der Waals surface area contributed by atoms with Crippen LogP contribution in [0, 0.1) is 5.82 Å². The van der Waals surface area contributed by atoms with Gasteiger partial charge in [-0.05, 0) is 25.1 Å². The third-order valence-corrected chi connectivity index (χ3v) is 2.27. The molecule has 0 saturated heterocycles. The Morgan fingerprint density at radius 3 is 2.65 bits per heavy atom. The zero-order chi connectivity index (χ0) is 12.8. The zero-order valence-corrected chi connectivity index (χ0v) is 9.63. The molecule has 0 heterocycles. The van der Waals surface area contributed by atoms with Crippen molar-refractivity contribution in [3.05, 3.63) is 29.6 Å². The molecule has 1 aromatic carbocycles. The maximum absolute atomic E-state index is 12.9. The average Bonchev–Trinajstić information content (AvgIpc) is 2.30. The van der Waals surface area contributed by atoms with Crippen molar-refractivity contribution >= 4 is 17.4 Å². The summed E-state index contributed by atoms with van der Waals surface area (Å²) < 4.78 is 12.9. The van der Waals surface area contributed by atoms with Crippen LogP contribution in [0.25, 0.3) is 0 Å². The number of nitrogen functional groups attached to an aromatic ring is 1. The number of benzene rings is 1. The van der Waals surface area contributed by atoms with E-state index in [4.69, 9.17) is 5.73 Å². The maximum Gasteiger partial charge on any atom is 0.220 e. The van der Waals surface area contributed by atoms with Gasteiger partial charge in [0.25, 0.3) is 0 Å². The molecule has 3 N–H and O–H groups in total. The number of Topliss-reactive ketones (excluding diaryl/α,β-unsaturated/α-hetero) is 1. The summed E-state index contributed by atoms with van der Waals surface area (Å²) in [4.78, 5) is 22.8. The summed E-state index contributed by atoms with van der Waals surface area (Å²) in [5, 5.41) is 2.60. The van der Waals surface area contributed by atoms with Gasteiger partial charge < -0.3 is 11.1 Å². The van der Waals surface area contributed by atoms with Gasteiger partial charge in [0.2, 0.25) is 5.91 Å². The minimum Gasteiger partial charge on any atom is -0.396 e. The lowest BCUT2D eigenvalue weighted by Gasteiger charge is -2.03. The molecule has 0 aliphatic heterocycles. The van der Waals surface area contributed by atoms with E-state index in [9.17, 15) is 14.0 Å². The molecule has 0 atom stereocenters. The quantitative estimate of drug-likeness (QED) is 0.603. The number of nitrogens with two attached hydrogens (primary N) is 1. The van der Waals surface area contributed by atoms with Crippen molar-refractivity contribution in [3.8, 4) is 0 Å². The Morgan fingerprint density at radius 2 is 2.06 bits per heavy atom. The second-order valence-electron chi connectivity index (χ2n) is 3.61. The van der Waals surface area contributed by atoms with Gasteiger partial charge in [-0.2, -0.15) is 0 Å². The molecule has 0 bridgehead atoms. The van der Waals surface area contributed by atoms with Crippen molar-refractivity contribution in [2.24, 2.45) is 0 Å². The molecular weight excluding hydrogens is 223 g/mol. The lowest BCUT2D eigenvalue weighted by molar-refractivity contribution is -0.120. The molecule has 0 aromatic heterocycles. The van der Waals surface area contributed by atoms with E-state index in [1.807, 2.05) is 0 Å². The van der Waals surface area contributed by atoms with E-state index < -0.39 is 5.82 Å². The molecule has 0 fully saturated rings. The summed E-state index contributed by atoms with van der Waals surface area (Å²) in [7, 11) is 0. The highest BCUT2D eigenvalue weighted by Crippen LogP contribution is 2.14. The van der Waals surface area contributed by atoms with Crippen LogP contribution in [-0.2, 0) is 4.79 Å². The first-order valence-electron chi connectivity index (χ1n) is 5.39. The standard InChI is InChI=1S/C12H15FN2O2/c1-2-15-12(17)6-5-11(16)8-3-4-9(13)10(14)7-8/h3-4,7H,2,5-6,14H2,1H3,(H,15,17). The van der Waals surface area contributed by atoms with E-state index in [0.29, 0.717) is 12.1 Å². The Balaban J connectivity index is 2.58. The van der Waals surface area contributed by atoms with Gasteiger partial charge in [0, 0.05) is 24.9 Å². The molecule has 1 amide bonds. The number of hydrogen-bond donors (Lipinski definition) is 2. The Bertz CT molecular complexity index is 433. The monoisotopic (exact) mass is 238 g/mol. The molecule has 0 saturated carbocycles. The van der Waals surface area contributed by atoms with Crippen molar-refractivity contribution in [1.82, 2.24) is 5.32 Å². The molecule has 0 unspecified atom stereocenters. The first-order valence-corrected chi connectivity index (χ1v) is 5.39. The van der Waals surface area contributed by atoms with Crippen molar-refractivity contribution in [2.45, 2.75) is 19.8 Å². The second kappa shape index (κ2) is 5.98. The van der Waals surface area contributed by atoms with Crippen molar-refractivity contribution < 1.29 is 14.0 Å². The fourth-order valence-electron chi connectivity index (χ4n) is 1.37. The number of amides is 1. The van der Waals surface area contributed by atoms with Gasteiger partial charge in [0.15, 0.2) is 5.78 Å². The number of halogens is 1. The predicted molar refractivity (Wildman–Crippen MR) is 63.1 cm³/mol. The highest BCUT2D eigenvalue weighted by Gasteiger charge is 2.10. The Labute approximate surface area is 99.0 Å². The molecule has 1 aromatic rings. The van der Waals surface area contributed by atoms with Gasteiger partial charge in [-0.3, -0.25) is 9.59 Å². The third-order valence-electron chi connectivity index (χ3n) is 2.27. The number of carbonyl (C=O) groups is 2. The van der Waals surface area contributed by atoms with Crippen LogP contribution in [-0.4, -0.2) is 18.2 Å². The second-order valence-corrected chi connectivity index (χ2v) is 3.61. The Kier molecular flexibility index (Phi) is 4.63. The molecule has 0 spiro atoms. The first kappa shape index (κ1) is 13.2. The maximum atomic E-state index is 12.9. The van der Waals surface area contributed by atoms with Crippen LogP contribution in [0.3, 0.4) is 0 Å². The Hall–Kier alpha value is -1.91. The molecule has 5 heteroatoms. The van der Waals surface area contributed by atoms with Crippen LogP contribution in [0.5, 0.6) is 0 Å². The number of anilines is 1. The molecule has 17 heavy (non-hydrogen) atoms. The van der Waals surface area contributed by atoms with Crippen LogP contribution in [0.4, 0.5) is 10.1 Å². The van der Waals surface area contributed by atoms with E-state index in [1.165, 1.54) is 12.1 Å². The fourth-order valence-corrected chi connectivity index (χ4v) is 1.37. The van der Waals surface area contributed by atoms with Crippen LogP contribution in [0.1, 0.15) is 30.1 Å². The minimum absolute atomic E-state index is 0.0612. The summed E-state index contributed by atoms with van der Waals surface area (Å²) in [6, 6.07) is 3.80. The van der Waals surface area contributed by atoms with Crippen molar-refractivity contribution in [3.63, 3.8) is 0 Å². The summed E-state index contributed by atoms with van der Waals surface area (Å²) in [5.41, 5.74) is 5.62. The van der Waals surface area contributed by atoms with E-state index in [0.717, 1.165) is 6.07 Å². The summed E-state index contributed by atoms with van der Waals surface area (Å²) >= 11 is 0. The smallest absolute Gasteiger partial charge is 0.220 e. The van der Waals surface area contributed by atoms with E-state index >= 15 is 0 Å². The number of rotatable bonds is 5. The number of ketones is 1. The fraction of sp³-hybridized carbons (Fsp3) is 0.333. The van der Waals surface area contributed by atoms with Crippen molar-refractivity contribution in [1.29, 1.82) is 0 Å². The van der Waals surface area contributed by atoms with E-state index in [2.05, 4.69) is 5.32 Å². The van der Waals surface area contributed by atoms with E-state index in [1.54, 1.807) is 6.92 Å². The van der Waals surface area contributed by atoms with Crippen LogP contribution in [0.15, 0.2) is 18.2 Å². The molecule has 0 aliphatic carbocycles. The van der Waals surface area contributed by atoms with Gasteiger partial charge in [0.1, 0.15) is 5.82 Å². The number of nitrogens with one attached hydrogen (secondary N) is 1. The minimum atomic E-state index is -0.551. The lowest BCUT2D eigenvalue weighted by atomic mass is 10.1. The first-order chi connectivity index (χ1) is 8.04. The van der Waals surface area contributed by atoms with Gasteiger partial charge in [0.05, 0.1) is 5.69 Å². The molecule has 0 aliphatic rings. The molecule has 0 radical (unpaired) electrons. The number of hydrogen-bond acceptors (Lipinski definition) is 3. The third kappa shape index (κ3) is 3.86. The largest absolute Gasteiger partial charge is 0.396 e. The van der Waals surface area contributed by atoms with Gasteiger partial charge in [-0.15, -0.1) is 0 Å². The molecular formula is C12H15FN2O2. The highest BCUT2D eigenvalue weighted by atomic mass is 19.1. The van der Waals surface area contributed by atoms with E-state index in [-0.39, 0.29) is 30.2 Å². The van der Waals surface area contributed by atoms with Gasteiger partial charge in [-0.25, -0.2) is 4.39 Å². The number of carbonyl (C=O) groups excluding carboxylic acids is 2.